The standard InChI is InChI=1S/C26H23Cl2F3N4O2/c1-25(2,3)23-34(20-10-18(27)9-19(28)11-20)22(36)21(35(23)24(37)26(29,30)31)8-15-4-6-16(7-5-15)17-12-32-14-33-13-17/h4-7,9-14,21,23H,8H2,1-3H3/t21-,23-/m1/s1. The number of nitrogens with zero attached hydrogens (tertiary/aromatic N) is 4. The minimum atomic E-state index is -5.18. The zero-order valence-electron chi connectivity index (χ0n) is 20.1. The molecule has 0 spiro atoms. The number of hydrogen-bond acceptors (Lipinski definition) is 4. The van der Waals surface area contributed by atoms with Crippen LogP contribution in [0.15, 0.2) is 61.2 Å². The highest BCUT2D eigenvalue weighted by molar-refractivity contribution is 6.35. The van der Waals surface area contributed by atoms with Crippen molar-refractivity contribution >= 4 is 40.7 Å². The highest BCUT2D eigenvalue weighted by Gasteiger charge is 2.58. The summed E-state index contributed by atoms with van der Waals surface area (Å²) in [5.74, 6) is -2.74. The molecule has 0 saturated carbocycles. The van der Waals surface area contributed by atoms with E-state index in [2.05, 4.69) is 9.97 Å². The van der Waals surface area contributed by atoms with Gasteiger partial charge in [0.2, 0.25) is 0 Å². The predicted molar refractivity (Wildman–Crippen MR) is 135 cm³/mol. The van der Waals surface area contributed by atoms with E-state index < -0.39 is 35.6 Å². The second-order valence-corrected chi connectivity index (χ2v) is 10.7. The molecule has 194 valence electrons. The molecule has 0 radical (unpaired) electrons. The molecule has 4 rings (SSSR count). The van der Waals surface area contributed by atoms with Crippen LogP contribution in [0, 0.1) is 5.41 Å². The average Bonchev–Trinajstić information content (AvgIpc) is 3.10. The van der Waals surface area contributed by atoms with Crippen molar-refractivity contribution in [3.8, 4) is 11.1 Å². The lowest BCUT2D eigenvalue weighted by molar-refractivity contribution is -0.190. The van der Waals surface area contributed by atoms with Gasteiger partial charge in [0, 0.05) is 45.5 Å². The summed E-state index contributed by atoms with van der Waals surface area (Å²) in [6, 6.07) is 9.88. The van der Waals surface area contributed by atoms with E-state index in [0.717, 1.165) is 11.1 Å². The van der Waals surface area contributed by atoms with Gasteiger partial charge in [-0.3, -0.25) is 14.5 Å². The Labute approximate surface area is 222 Å². The summed E-state index contributed by atoms with van der Waals surface area (Å²) in [4.78, 5) is 36.4. The molecule has 1 saturated heterocycles. The SMILES string of the molecule is CC(C)(C)[C@@H]1N(c2cc(Cl)cc(Cl)c2)C(=O)[C@@H](Cc2ccc(-c3cncnc3)cc2)N1C(=O)C(F)(F)F. The predicted octanol–water partition coefficient (Wildman–Crippen LogP) is 6.17. The monoisotopic (exact) mass is 550 g/mol. The average molecular weight is 551 g/mol. The highest BCUT2D eigenvalue weighted by atomic mass is 35.5. The van der Waals surface area contributed by atoms with Crippen molar-refractivity contribution in [2.24, 2.45) is 5.41 Å². The Bertz CT molecular complexity index is 1290. The number of carbonyl (C=O) groups is 2. The minimum Gasteiger partial charge on any atom is -0.301 e. The van der Waals surface area contributed by atoms with Crippen LogP contribution in [0.4, 0.5) is 18.9 Å². The summed E-state index contributed by atoms with van der Waals surface area (Å²) >= 11 is 12.3. The van der Waals surface area contributed by atoms with Gasteiger partial charge in [-0.2, -0.15) is 13.2 Å². The van der Waals surface area contributed by atoms with Crippen molar-refractivity contribution in [2.75, 3.05) is 4.90 Å². The maximum Gasteiger partial charge on any atom is 0.471 e. The largest absolute Gasteiger partial charge is 0.471 e. The molecule has 3 aromatic rings. The minimum absolute atomic E-state index is 0.121. The van der Waals surface area contributed by atoms with E-state index >= 15 is 0 Å². The molecule has 1 aliphatic heterocycles. The Hall–Kier alpha value is -3.17. The molecular formula is C26H23Cl2F3N4O2. The molecule has 0 unspecified atom stereocenters. The molecule has 11 heteroatoms. The fraction of sp³-hybridized carbons (Fsp3) is 0.308. The third-order valence-electron chi connectivity index (χ3n) is 6.02. The van der Waals surface area contributed by atoms with Crippen molar-refractivity contribution in [1.82, 2.24) is 14.9 Å². The maximum absolute atomic E-state index is 13.8. The topological polar surface area (TPSA) is 66.4 Å². The molecule has 6 nitrogen and oxygen atoms in total. The molecule has 1 aliphatic rings. The fourth-order valence-corrected chi connectivity index (χ4v) is 5.05. The van der Waals surface area contributed by atoms with E-state index in [1.165, 1.54) is 29.4 Å². The van der Waals surface area contributed by atoms with Crippen LogP contribution in [0.1, 0.15) is 26.3 Å². The van der Waals surface area contributed by atoms with E-state index in [1.807, 2.05) is 0 Å². The Kier molecular flexibility index (Phi) is 7.23. The second kappa shape index (κ2) is 9.95. The first kappa shape index (κ1) is 26.9. The number of halogens is 5. The Balaban J connectivity index is 1.78. The first-order chi connectivity index (χ1) is 17.3. The summed E-state index contributed by atoms with van der Waals surface area (Å²) in [6.07, 6.45) is -1.87. The Morgan fingerprint density at radius 1 is 0.946 bits per heavy atom. The quantitative estimate of drug-likeness (QED) is 0.389. The van der Waals surface area contributed by atoms with Gasteiger partial charge in [-0.15, -0.1) is 0 Å². The van der Waals surface area contributed by atoms with Crippen molar-refractivity contribution < 1.29 is 22.8 Å². The summed E-state index contributed by atoms with van der Waals surface area (Å²) in [6.45, 7) is 5.00. The van der Waals surface area contributed by atoms with Gasteiger partial charge < -0.3 is 4.90 Å². The molecule has 2 amide bonds. The number of alkyl halides is 3. The first-order valence-corrected chi connectivity index (χ1v) is 12.1. The summed E-state index contributed by atoms with van der Waals surface area (Å²) in [5.41, 5.74) is 1.41. The number of aromatic nitrogens is 2. The number of benzene rings is 2. The van der Waals surface area contributed by atoms with Gasteiger partial charge in [-0.05, 0) is 29.3 Å². The van der Waals surface area contributed by atoms with Crippen LogP contribution in [0.2, 0.25) is 10.0 Å². The Morgan fingerprint density at radius 3 is 2.03 bits per heavy atom. The zero-order valence-corrected chi connectivity index (χ0v) is 21.6. The van der Waals surface area contributed by atoms with Crippen molar-refractivity contribution in [3.05, 3.63) is 76.8 Å². The highest BCUT2D eigenvalue weighted by Crippen LogP contribution is 2.42. The van der Waals surface area contributed by atoms with Gasteiger partial charge in [0.05, 0.1) is 0 Å². The van der Waals surface area contributed by atoms with E-state index in [0.29, 0.717) is 10.5 Å². The lowest BCUT2D eigenvalue weighted by Crippen LogP contribution is -2.55. The lowest BCUT2D eigenvalue weighted by Gasteiger charge is -2.40. The van der Waals surface area contributed by atoms with Gasteiger partial charge in [0.25, 0.3) is 5.91 Å². The first-order valence-electron chi connectivity index (χ1n) is 11.3. The van der Waals surface area contributed by atoms with Gasteiger partial charge >= 0.3 is 12.1 Å². The second-order valence-electron chi connectivity index (χ2n) is 9.83. The normalized spacial score (nSPS) is 18.4. The van der Waals surface area contributed by atoms with Gasteiger partial charge in [-0.25, -0.2) is 9.97 Å². The number of hydrogen-bond donors (Lipinski definition) is 0. The third kappa shape index (κ3) is 5.57. The molecular weight excluding hydrogens is 528 g/mol. The molecule has 2 aromatic carbocycles. The molecule has 2 heterocycles. The van der Waals surface area contributed by atoms with E-state index in [4.69, 9.17) is 23.2 Å². The molecule has 0 N–H and O–H groups in total. The van der Waals surface area contributed by atoms with Crippen LogP contribution < -0.4 is 4.90 Å². The van der Waals surface area contributed by atoms with Gasteiger partial charge in [0.1, 0.15) is 18.5 Å². The lowest BCUT2D eigenvalue weighted by atomic mass is 9.90. The van der Waals surface area contributed by atoms with Gasteiger partial charge in [0.15, 0.2) is 0 Å². The zero-order chi connectivity index (χ0) is 27.1. The summed E-state index contributed by atoms with van der Waals surface area (Å²) in [5, 5.41) is 0.418. The van der Waals surface area contributed by atoms with E-state index in [1.54, 1.807) is 57.4 Å². The van der Waals surface area contributed by atoms with Crippen molar-refractivity contribution in [1.29, 1.82) is 0 Å². The van der Waals surface area contributed by atoms with Gasteiger partial charge in [-0.1, -0.05) is 68.2 Å². The van der Waals surface area contributed by atoms with Crippen LogP contribution in [-0.4, -0.2) is 45.1 Å². The number of anilines is 1. The van der Waals surface area contributed by atoms with E-state index in [-0.39, 0.29) is 22.2 Å². The third-order valence-corrected chi connectivity index (χ3v) is 6.46. The molecule has 2 atom stereocenters. The van der Waals surface area contributed by atoms with Crippen LogP contribution >= 0.6 is 23.2 Å². The summed E-state index contributed by atoms with van der Waals surface area (Å²) < 4.78 is 41.5. The molecule has 0 aliphatic carbocycles. The molecule has 0 bridgehead atoms. The molecule has 1 aromatic heterocycles. The fourth-order valence-electron chi connectivity index (χ4n) is 4.54. The van der Waals surface area contributed by atoms with Crippen LogP contribution in [-0.2, 0) is 16.0 Å². The van der Waals surface area contributed by atoms with Crippen LogP contribution in [0.5, 0.6) is 0 Å². The number of carbonyl (C=O) groups excluding carboxylic acids is 2. The summed E-state index contributed by atoms with van der Waals surface area (Å²) in [7, 11) is 0. The van der Waals surface area contributed by atoms with Crippen molar-refractivity contribution in [3.63, 3.8) is 0 Å². The van der Waals surface area contributed by atoms with E-state index in [9.17, 15) is 22.8 Å². The molecule has 37 heavy (non-hydrogen) atoms. The Morgan fingerprint density at radius 2 is 1.51 bits per heavy atom. The van der Waals surface area contributed by atoms with Crippen LogP contribution in [0.3, 0.4) is 0 Å². The van der Waals surface area contributed by atoms with Crippen LogP contribution in [0.25, 0.3) is 11.1 Å². The smallest absolute Gasteiger partial charge is 0.301 e. The maximum atomic E-state index is 13.8. The number of rotatable bonds is 4. The van der Waals surface area contributed by atoms with Crippen molar-refractivity contribution in [2.45, 2.75) is 45.6 Å². The molecule has 1 fully saturated rings. The number of amides is 2.